The maximum atomic E-state index is 3.49. The highest BCUT2D eigenvalue weighted by atomic mass is 79.9. The molecule has 1 fully saturated rings. The fraction of sp³-hybridized carbons (Fsp3) is 0.500. The van der Waals surface area contributed by atoms with Gasteiger partial charge < -0.3 is 0 Å². The Labute approximate surface area is 83.5 Å². The van der Waals surface area contributed by atoms with E-state index in [-0.39, 0.29) is 0 Å². The zero-order chi connectivity index (χ0) is 7.90. The largest absolute Gasteiger partial charge is 0.150 e. The topological polar surface area (TPSA) is 0 Å². The van der Waals surface area contributed by atoms with E-state index in [1.54, 1.807) is 0 Å². The number of halogens is 1. The number of hydrogen-bond acceptors (Lipinski definition) is 2. The van der Waals surface area contributed by atoms with Crippen LogP contribution < -0.4 is 0 Å². The molecule has 0 amide bonds. The Balaban J connectivity index is 2.28. The Kier molecular flexibility index (Phi) is 2.06. The fourth-order valence-electron chi connectivity index (χ4n) is 1.20. The summed E-state index contributed by atoms with van der Waals surface area (Å²) in [7, 11) is 0. The third-order valence-corrected chi connectivity index (χ3v) is 5.58. The lowest BCUT2D eigenvalue weighted by molar-refractivity contribution is 0.638. The van der Waals surface area contributed by atoms with Crippen LogP contribution in [0.25, 0.3) is 0 Å². The number of thiophene rings is 1. The van der Waals surface area contributed by atoms with Crippen LogP contribution >= 0.6 is 39.0 Å². The third-order valence-electron chi connectivity index (χ3n) is 2.09. The van der Waals surface area contributed by atoms with Gasteiger partial charge in [-0.3, -0.25) is 0 Å². The molecule has 1 atom stereocenters. The van der Waals surface area contributed by atoms with E-state index in [0.29, 0.717) is 4.75 Å². The maximum Gasteiger partial charge on any atom is 0.0701 e. The molecule has 1 aliphatic heterocycles. The molecule has 11 heavy (non-hydrogen) atoms. The maximum absolute atomic E-state index is 3.49. The van der Waals surface area contributed by atoms with Crippen LogP contribution in [0.15, 0.2) is 15.9 Å². The summed E-state index contributed by atoms with van der Waals surface area (Å²) < 4.78 is 1.69. The molecule has 2 rings (SSSR count). The first-order valence-corrected chi connectivity index (χ1v) is 6.20. The minimum Gasteiger partial charge on any atom is -0.150 e. The Morgan fingerprint density at radius 3 is 2.64 bits per heavy atom. The molecular formula is C8H9BrS2. The lowest BCUT2D eigenvalue weighted by atomic mass is 10.1. The van der Waals surface area contributed by atoms with E-state index in [2.05, 4.69) is 46.7 Å². The van der Waals surface area contributed by atoms with Crippen molar-refractivity contribution in [3.8, 4) is 0 Å². The number of hydrogen-bond donors (Lipinski definition) is 0. The van der Waals surface area contributed by atoms with E-state index in [9.17, 15) is 0 Å². The van der Waals surface area contributed by atoms with Crippen molar-refractivity contribution < 1.29 is 0 Å². The van der Waals surface area contributed by atoms with Crippen LogP contribution in [0.4, 0.5) is 0 Å². The third kappa shape index (κ3) is 1.38. The zero-order valence-electron chi connectivity index (χ0n) is 6.26. The summed E-state index contributed by atoms with van der Waals surface area (Å²) in [5, 5.41) is 0. The Hall–Kier alpha value is 0.530. The van der Waals surface area contributed by atoms with Crippen molar-refractivity contribution in [3.05, 3.63) is 20.8 Å². The van der Waals surface area contributed by atoms with Gasteiger partial charge >= 0.3 is 0 Å². The van der Waals surface area contributed by atoms with Crippen LogP contribution in [0, 0.1) is 0 Å². The summed E-state index contributed by atoms with van der Waals surface area (Å²) in [6.45, 7) is 2.33. The van der Waals surface area contributed by atoms with Crippen molar-refractivity contribution in [2.75, 3.05) is 5.75 Å². The summed E-state index contributed by atoms with van der Waals surface area (Å²) in [5.74, 6) is 1.33. The molecule has 60 valence electrons. The second kappa shape index (κ2) is 2.79. The SMILES string of the molecule is CC1(c2ccc(Br)s2)CCS1. The van der Waals surface area contributed by atoms with Gasteiger partial charge in [-0.15, -0.1) is 23.1 Å². The fourth-order valence-corrected chi connectivity index (χ4v) is 3.99. The molecule has 0 aromatic carbocycles. The van der Waals surface area contributed by atoms with Gasteiger partial charge in [-0.25, -0.2) is 0 Å². The molecule has 0 nitrogen and oxygen atoms in total. The van der Waals surface area contributed by atoms with Crippen molar-refractivity contribution in [2.24, 2.45) is 0 Å². The molecule has 3 heteroatoms. The van der Waals surface area contributed by atoms with Crippen molar-refractivity contribution >= 4 is 39.0 Å². The van der Waals surface area contributed by atoms with Crippen LogP contribution in [-0.2, 0) is 4.75 Å². The Morgan fingerprint density at radius 1 is 1.55 bits per heavy atom. The van der Waals surface area contributed by atoms with E-state index < -0.39 is 0 Å². The van der Waals surface area contributed by atoms with Gasteiger partial charge in [0.05, 0.1) is 3.79 Å². The molecule has 0 radical (unpaired) electrons. The van der Waals surface area contributed by atoms with Crippen LogP contribution in [0.3, 0.4) is 0 Å². The Bertz CT molecular complexity index is 263. The van der Waals surface area contributed by atoms with Gasteiger partial charge in [0.25, 0.3) is 0 Å². The number of rotatable bonds is 1. The molecule has 0 N–H and O–H groups in total. The second-order valence-corrected chi connectivity index (χ2v) is 6.99. The van der Waals surface area contributed by atoms with Gasteiger partial charge in [-0.05, 0) is 47.2 Å². The van der Waals surface area contributed by atoms with Crippen molar-refractivity contribution in [1.82, 2.24) is 0 Å². The minimum atomic E-state index is 0.441. The first kappa shape index (κ1) is 8.14. The van der Waals surface area contributed by atoms with E-state index in [1.165, 1.54) is 20.8 Å². The van der Waals surface area contributed by atoms with Gasteiger partial charge in [0.15, 0.2) is 0 Å². The van der Waals surface area contributed by atoms with Gasteiger partial charge in [-0.2, -0.15) is 0 Å². The molecule has 1 aromatic heterocycles. The average molecular weight is 249 g/mol. The second-order valence-electron chi connectivity index (χ2n) is 2.93. The van der Waals surface area contributed by atoms with E-state index in [1.807, 2.05) is 11.3 Å². The standard InChI is InChI=1S/C8H9BrS2/c1-8(4-5-10-8)6-2-3-7(9)11-6/h2-3H,4-5H2,1H3. The van der Waals surface area contributed by atoms with Gasteiger partial charge in [0, 0.05) is 9.62 Å². The van der Waals surface area contributed by atoms with Crippen LogP contribution in [-0.4, -0.2) is 5.75 Å². The molecule has 0 bridgehead atoms. The zero-order valence-corrected chi connectivity index (χ0v) is 9.48. The molecule has 0 spiro atoms. The predicted octanol–water partition coefficient (Wildman–Crippen LogP) is 3.86. The number of thioether (sulfide) groups is 1. The van der Waals surface area contributed by atoms with Crippen molar-refractivity contribution in [2.45, 2.75) is 18.1 Å². The molecule has 1 unspecified atom stereocenters. The minimum absolute atomic E-state index is 0.441. The van der Waals surface area contributed by atoms with Gasteiger partial charge in [0.2, 0.25) is 0 Å². The van der Waals surface area contributed by atoms with E-state index >= 15 is 0 Å². The summed E-state index contributed by atoms with van der Waals surface area (Å²) in [6, 6.07) is 4.38. The Morgan fingerprint density at radius 2 is 2.27 bits per heavy atom. The summed E-state index contributed by atoms with van der Waals surface area (Å²) >= 11 is 7.42. The lowest BCUT2D eigenvalue weighted by Crippen LogP contribution is -2.26. The first-order chi connectivity index (χ1) is 5.21. The molecule has 1 saturated heterocycles. The molecule has 1 aliphatic rings. The van der Waals surface area contributed by atoms with Crippen LogP contribution in [0.5, 0.6) is 0 Å². The van der Waals surface area contributed by atoms with E-state index in [0.717, 1.165) is 0 Å². The van der Waals surface area contributed by atoms with Crippen molar-refractivity contribution in [1.29, 1.82) is 0 Å². The highest BCUT2D eigenvalue weighted by Gasteiger charge is 2.35. The normalized spacial score (nSPS) is 30.0. The summed E-state index contributed by atoms with van der Waals surface area (Å²) in [4.78, 5) is 1.51. The quantitative estimate of drug-likeness (QED) is 0.728. The molecule has 0 aliphatic carbocycles. The van der Waals surface area contributed by atoms with Crippen molar-refractivity contribution in [3.63, 3.8) is 0 Å². The van der Waals surface area contributed by atoms with Gasteiger partial charge in [-0.1, -0.05) is 0 Å². The molecular weight excluding hydrogens is 240 g/mol. The smallest absolute Gasteiger partial charge is 0.0701 e. The summed E-state index contributed by atoms with van der Waals surface area (Å²) in [6.07, 6.45) is 1.34. The predicted molar refractivity (Wildman–Crippen MR) is 56.4 cm³/mol. The molecule has 1 aromatic rings. The van der Waals surface area contributed by atoms with E-state index in [4.69, 9.17) is 0 Å². The lowest BCUT2D eigenvalue weighted by Gasteiger charge is -2.36. The highest BCUT2D eigenvalue weighted by Crippen LogP contribution is 2.51. The highest BCUT2D eigenvalue weighted by molar-refractivity contribution is 9.11. The first-order valence-electron chi connectivity index (χ1n) is 3.60. The molecule has 0 saturated carbocycles. The van der Waals surface area contributed by atoms with Crippen LogP contribution in [0.1, 0.15) is 18.2 Å². The molecule has 2 heterocycles. The van der Waals surface area contributed by atoms with Crippen LogP contribution in [0.2, 0.25) is 0 Å². The van der Waals surface area contributed by atoms with Gasteiger partial charge in [0.1, 0.15) is 0 Å². The summed E-state index contributed by atoms with van der Waals surface area (Å²) in [5.41, 5.74) is 0. The monoisotopic (exact) mass is 248 g/mol. The average Bonchev–Trinajstić information content (AvgIpc) is 2.31.